The van der Waals surface area contributed by atoms with E-state index < -0.39 is 0 Å². The van der Waals surface area contributed by atoms with Gasteiger partial charge in [0.1, 0.15) is 0 Å². The molecule has 0 heterocycles. The number of ketones is 1. The number of carbonyl (C=O) groups is 1. The molecular weight excluding hydrogens is 186 g/mol. The molecule has 0 spiro atoms. The molecule has 1 unspecified atom stereocenters. The molecule has 0 bridgehead atoms. The first-order valence-corrected chi connectivity index (χ1v) is 5.50. The van der Waals surface area contributed by atoms with Gasteiger partial charge in [-0.1, -0.05) is 44.2 Å². The van der Waals surface area contributed by atoms with Gasteiger partial charge in [-0.25, -0.2) is 0 Å². The lowest BCUT2D eigenvalue weighted by Crippen LogP contribution is -2.32. The molecule has 0 radical (unpaired) electrons. The molecule has 1 atom stereocenters. The van der Waals surface area contributed by atoms with E-state index in [1.807, 2.05) is 30.3 Å². The Morgan fingerprint density at radius 1 is 1.20 bits per heavy atom. The first kappa shape index (κ1) is 11.9. The summed E-state index contributed by atoms with van der Waals surface area (Å²) in [5.41, 5.74) is 1.09. The zero-order valence-corrected chi connectivity index (χ0v) is 9.73. The van der Waals surface area contributed by atoms with Crippen molar-refractivity contribution in [2.24, 2.45) is 0 Å². The predicted molar refractivity (Wildman–Crippen MR) is 62.8 cm³/mol. The smallest absolute Gasteiger partial charge is 0.151 e. The first-order valence-electron chi connectivity index (χ1n) is 5.50. The standard InChI is InChI=1S/C13H19NO/c1-4-14(5-2)13(11(3)15)12-9-7-6-8-10-12/h6-10,13H,4-5H2,1-3H3. The SMILES string of the molecule is CCN(CC)C(C(C)=O)c1ccccc1. The van der Waals surface area contributed by atoms with Crippen LogP contribution in [0.2, 0.25) is 0 Å². The van der Waals surface area contributed by atoms with E-state index in [0.29, 0.717) is 0 Å². The van der Waals surface area contributed by atoms with Crippen LogP contribution in [-0.2, 0) is 4.79 Å². The highest BCUT2D eigenvalue weighted by Crippen LogP contribution is 2.20. The van der Waals surface area contributed by atoms with Crippen LogP contribution in [0.5, 0.6) is 0 Å². The van der Waals surface area contributed by atoms with E-state index in [1.165, 1.54) is 0 Å². The van der Waals surface area contributed by atoms with E-state index in [-0.39, 0.29) is 11.8 Å². The fourth-order valence-corrected chi connectivity index (χ4v) is 1.93. The molecule has 0 aromatic heterocycles. The van der Waals surface area contributed by atoms with Gasteiger partial charge < -0.3 is 0 Å². The average molecular weight is 205 g/mol. The van der Waals surface area contributed by atoms with Crippen LogP contribution in [0, 0.1) is 0 Å². The van der Waals surface area contributed by atoms with Gasteiger partial charge in [0.05, 0.1) is 6.04 Å². The molecule has 0 amide bonds. The van der Waals surface area contributed by atoms with E-state index in [2.05, 4.69) is 18.7 Å². The lowest BCUT2D eigenvalue weighted by atomic mass is 10.0. The molecule has 1 aromatic rings. The minimum Gasteiger partial charge on any atom is -0.298 e. The molecule has 2 heteroatoms. The van der Waals surface area contributed by atoms with Crippen LogP contribution in [0.3, 0.4) is 0 Å². The van der Waals surface area contributed by atoms with E-state index in [1.54, 1.807) is 6.92 Å². The number of nitrogens with zero attached hydrogens (tertiary/aromatic N) is 1. The van der Waals surface area contributed by atoms with Gasteiger partial charge in [0.2, 0.25) is 0 Å². The average Bonchev–Trinajstić information content (AvgIpc) is 2.26. The zero-order valence-electron chi connectivity index (χ0n) is 9.73. The Hall–Kier alpha value is -1.15. The van der Waals surface area contributed by atoms with Crippen molar-refractivity contribution in [1.82, 2.24) is 4.90 Å². The second-order valence-corrected chi connectivity index (χ2v) is 3.65. The number of hydrogen-bond acceptors (Lipinski definition) is 2. The fraction of sp³-hybridized carbons (Fsp3) is 0.462. The topological polar surface area (TPSA) is 20.3 Å². The molecular formula is C13H19NO. The van der Waals surface area contributed by atoms with Gasteiger partial charge in [-0.05, 0) is 25.6 Å². The molecule has 2 nitrogen and oxygen atoms in total. The number of hydrogen-bond donors (Lipinski definition) is 0. The van der Waals surface area contributed by atoms with Crippen molar-refractivity contribution in [3.8, 4) is 0 Å². The van der Waals surface area contributed by atoms with E-state index in [4.69, 9.17) is 0 Å². The zero-order chi connectivity index (χ0) is 11.3. The van der Waals surface area contributed by atoms with Crippen LogP contribution >= 0.6 is 0 Å². The first-order chi connectivity index (χ1) is 7.20. The van der Waals surface area contributed by atoms with Crippen LogP contribution < -0.4 is 0 Å². The lowest BCUT2D eigenvalue weighted by Gasteiger charge is -2.27. The molecule has 0 aliphatic heterocycles. The molecule has 1 rings (SSSR count). The molecule has 0 aliphatic carbocycles. The van der Waals surface area contributed by atoms with Crippen molar-refractivity contribution in [2.45, 2.75) is 26.8 Å². The molecule has 0 N–H and O–H groups in total. The number of Topliss-reactive ketones (excluding diaryl/α,β-unsaturated/α-hetero) is 1. The summed E-state index contributed by atoms with van der Waals surface area (Å²) in [5, 5.41) is 0. The summed E-state index contributed by atoms with van der Waals surface area (Å²) >= 11 is 0. The van der Waals surface area contributed by atoms with Crippen LogP contribution in [0.4, 0.5) is 0 Å². The van der Waals surface area contributed by atoms with E-state index in [0.717, 1.165) is 18.7 Å². The lowest BCUT2D eigenvalue weighted by molar-refractivity contribution is -0.122. The molecule has 1 aromatic carbocycles. The summed E-state index contributed by atoms with van der Waals surface area (Å²) in [5.74, 6) is 0.213. The third-order valence-corrected chi connectivity index (χ3v) is 2.68. The summed E-state index contributed by atoms with van der Waals surface area (Å²) in [6.45, 7) is 7.63. The molecule has 82 valence electrons. The third-order valence-electron chi connectivity index (χ3n) is 2.68. The fourth-order valence-electron chi connectivity index (χ4n) is 1.93. The van der Waals surface area contributed by atoms with Crippen molar-refractivity contribution in [1.29, 1.82) is 0 Å². The Kier molecular flexibility index (Phi) is 4.50. The quantitative estimate of drug-likeness (QED) is 0.736. The van der Waals surface area contributed by atoms with Gasteiger partial charge in [0, 0.05) is 0 Å². The Bertz CT molecular complexity index is 304. The minimum atomic E-state index is -0.0822. The molecule has 0 saturated heterocycles. The van der Waals surface area contributed by atoms with Crippen LogP contribution in [0.15, 0.2) is 30.3 Å². The van der Waals surface area contributed by atoms with Crippen LogP contribution in [0.25, 0.3) is 0 Å². The summed E-state index contributed by atoms with van der Waals surface area (Å²) in [4.78, 5) is 13.8. The number of carbonyl (C=O) groups excluding carboxylic acids is 1. The van der Waals surface area contributed by atoms with Gasteiger partial charge in [-0.3, -0.25) is 9.69 Å². The number of rotatable bonds is 5. The molecule has 0 saturated carbocycles. The Balaban J connectivity index is 2.97. The molecule has 15 heavy (non-hydrogen) atoms. The highest BCUT2D eigenvalue weighted by atomic mass is 16.1. The number of likely N-dealkylation sites (N-methyl/N-ethyl adjacent to an activating group) is 1. The van der Waals surface area contributed by atoms with Gasteiger partial charge in [-0.2, -0.15) is 0 Å². The van der Waals surface area contributed by atoms with Gasteiger partial charge in [0.15, 0.2) is 5.78 Å². The van der Waals surface area contributed by atoms with Crippen LogP contribution in [0.1, 0.15) is 32.4 Å². The summed E-state index contributed by atoms with van der Waals surface area (Å²) < 4.78 is 0. The second-order valence-electron chi connectivity index (χ2n) is 3.65. The van der Waals surface area contributed by atoms with Gasteiger partial charge >= 0.3 is 0 Å². The molecule has 0 aliphatic rings. The molecule has 0 fully saturated rings. The van der Waals surface area contributed by atoms with Gasteiger partial charge in [-0.15, -0.1) is 0 Å². The summed E-state index contributed by atoms with van der Waals surface area (Å²) in [6, 6.07) is 9.89. The van der Waals surface area contributed by atoms with Crippen molar-refractivity contribution in [3.63, 3.8) is 0 Å². The van der Waals surface area contributed by atoms with Crippen molar-refractivity contribution < 1.29 is 4.79 Å². The maximum absolute atomic E-state index is 11.7. The summed E-state index contributed by atoms with van der Waals surface area (Å²) in [6.07, 6.45) is 0. The maximum Gasteiger partial charge on any atom is 0.151 e. The van der Waals surface area contributed by atoms with E-state index in [9.17, 15) is 4.79 Å². The predicted octanol–water partition coefficient (Wildman–Crippen LogP) is 2.66. The van der Waals surface area contributed by atoms with Crippen LogP contribution in [-0.4, -0.2) is 23.8 Å². The van der Waals surface area contributed by atoms with Crippen molar-refractivity contribution in [3.05, 3.63) is 35.9 Å². The minimum absolute atomic E-state index is 0.0822. The van der Waals surface area contributed by atoms with Crippen molar-refractivity contribution in [2.75, 3.05) is 13.1 Å². The summed E-state index contributed by atoms with van der Waals surface area (Å²) in [7, 11) is 0. The largest absolute Gasteiger partial charge is 0.298 e. The number of benzene rings is 1. The maximum atomic E-state index is 11.7. The Morgan fingerprint density at radius 3 is 2.13 bits per heavy atom. The normalized spacial score (nSPS) is 12.8. The Morgan fingerprint density at radius 2 is 1.73 bits per heavy atom. The highest BCUT2D eigenvalue weighted by molar-refractivity contribution is 5.82. The van der Waals surface area contributed by atoms with Gasteiger partial charge in [0.25, 0.3) is 0 Å². The monoisotopic (exact) mass is 205 g/mol. The van der Waals surface area contributed by atoms with Crippen molar-refractivity contribution >= 4 is 5.78 Å². The second kappa shape index (κ2) is 5.66. The Labute approximate surface area is 91.9 Å². The third kappa shape index (κ3) is 2.90. The van der Waals surface area contributed by atoms with E-state index >= 15 is 0 Å². The highest BCUT2D eigenvalue weighted by Gasteiger charge is 2.21.